The van der Waals surface area contributed by atoms with E-state index < -0.39 is 0 Å². The Kier molecular flexibility index (Phi) is 5.89. The molecule has 0 aromatic heterocycles. The van der Waals surface area contributed by atoms with Gasteiger partial charge in [-0.15, -0.1) is 0 Å². The van der Waals surface area contributed by atoms with Crippen LogP contribution >= 0.6 is 11.6 Å². The number of hydrogen-bond acceptors (Lipinski definition) is 3. The molecule has 98 valence electrons. The molecule has 1 N–H and O–H groups in total. The molecule has 0 heterocycles. The minimum absolute atomic E-state index is 0.0462. The SMILES string of the molecule is C=C(CN[C@H](C)c1ccccc1Cl)C(=O)OCC. The van der Waals surface area contributed by atoms with E-state index in [1.165, 1.54) is 0 Å². The maximum atomic E-state index is 11.4. The molecular formula is C14H18ClNO2. The van der Waals surface area contributed by atoms with E-state index in [4.69, 9.17) is 16.3 Å². The molecule has 1 atom stereocenters. The third kappa shape index (κ3) is 4.17. The summed E-state index contributed by atoms with van der Waals surface area (Å²) < 4.78 is 4.86. The summed E-state index contributed by atoms with van der Waals surface area (Å²) in [4.78, 5) is 11.4. The van der Waals surface area contributed by atoms with E-state index in [-0.39, 0.29) is 12.0 Å². The number of benzene rings is 1. The Bertz CT molecular complexity index is 432. The van der Waals surface area contributed by atoms with Gasteiger partial charge in [0, 0.05) is 23.2 Å². The summed E-state index contributed by atoms with van der Waals surface area (Å²) in [5.41, 5.74) is 1.41. The molecule has 1 rings (SSSR count). The second-order valence-corrected chi connectivity index (χ2v) is 4.36. The second kappa shape index (κ2) is 7.19. The van der Waals surface area contributed by atoms with Gasteiger partial charge < -0.3 is 10.1 Å². The molecule has 0 fully saturated rings. The van der Waals surface area contributed by atoms with Gasteiger partial charge in [0.25, 0.3) is 0 Å². The summed E-state index contributed by atoms with van der Waals surface area (Å²) in [7, 11) is 0. The average Bonchev–Trinajstić information content (AvgIpc) is 2.36. The standard InChI is InChI=1S/C14H18ClNO2/c1-4-18-14(17)10(2)9-16-11(3)12-7-5-6-8-13(12)15/h5-8,11,16H,2,4,9H2,1,3H3/t11-/m1/s1. The Hall–Kier alpha value is -1.32. The molecule has 4 heteroatoms. The number of hydrogen-bond donors (Lipinski definition) is 1. The third-order valence-electron chi connectivity index (χ3n) is 2.56. The van der Waals surface area contributed by atoms with Crippen LogP contribution in [-0.2, 0) is 9.53 Å². The summed E-state index contributed by atoms with van der Waals surface area (Å²) in [6.45, 7) is 8.19. The van der Waals surface area contributed by atoms with Crippen LogP contribution in [0.15, 0.2) is 36.4 Å². The fourth-order valence-electron chi connectivity index (χ4n) is 1.52. The third-order valence-corrected chi connectivity index (χ3v) is 2.90. The predicted molar refractivity (Wildman–Crippen MR) is 73.6 cm³/mol. The lowest BCUT2D eigenvalue weighted by atomic mass is 10.1. The van der Waals surface area contributed by atoms with Gasteiger partial charge in [0.1, 0.15) is 0 Å². The first-order valence-corrected chi connectivity index (χ1v) is 6.26. The van der Waals surface area contributed by atoms with Crippen LogP contribution < -0.4 is 5.32 Å². The molecule has 0 bridgehead atoms. The van der Waals surface area contributed by atoms with Crippen molar-refractivity contribution < 1.29 is 9.53 Å². The average molecular weight is 268 g/mol. The minimum atomic E-state index is -0.364. The van der Waals surface area contributed by atoms with Gasteiger partial charge in [-0.1, -0.05) is 36.4 Å². The second-order valence-electron chi connectivity index (χ2n) is 3.95. The van der Waals surface area contributed by atoms with E-state index in [1.807, 2.05) is 31.2 Å². The molecule has 0 amide bonds. The van der Waals surface area contributed by atoms with Crippen LogP contribution in [0, 0.1) is 0 Å². The highest BCUT2D eigenvalue weighted by molar-refractivity contribution is 6.31. The Morgan fingerprint density at radius 2 is 2.17 bits per heavy atom. The van der Waals surface area contributed by atoms with Gasteiger partial charge in [-0.25, -0.2) is 4.79 Å². The van der Waals surface area contributed by atoms with E-state index in [0.717, 1.165) is 5.56 Å². The highest BCUT2D eigenvalue weighted by Crippen LogP contribution is 2.22. The number of carbonyl (C=O) groups is 1. The van der Waals surface area contributed by atoms with E-state index in [2.05, 4.69) is 11.9 Å². The van der Waals surface area contributed by atoms with Gasteiger partial charge >= 0.3 is 5.97 Å². The maximum absolute atomic E-state index is 11.4. The topological polar surface area (TPSA) is 38.3 Å². The van der Waals surface area contributed by atoms with Crippen LogP contribution in [0.1, 0.15) is 25.5 Å². The van der Waals surface area contributed by atoms with Crippen molar-refractivity contribution in [2.45, 2.75) is 19.9 Å². The highest BCUT2D eigenvalue weighted by Gasteiger charge is 2.12. The molecule has 3 nitrogen and oxygen atoms in total. The van der Waals surface area contributed by atoms with E-state index in [1.54, 1.807) is 6.92 Å². The monoisotopic (exact) mass is 267 g/mol. The van der Waals surface area contributed by atoms with Crippen LogP contribution in [0.25, 0.3) is 0 Å². The van der Waals surface area contributed by atoms with Crippen LogP contribution in [0.3, 0.4) is 0 Å². The number of esters is 1. The lowest BCUT2D eigenvalue weighted by Crippen LogP contribution is -2.24. The molecule has 0 aliphatic heterocycles. The molecule has 1 aromatic carbocycles. The fourth-order valence-corrected chi connectivity index (χ4v) is 1.82. The van der Waals surface area contributed by atoms with Crippen LogP contribution in [0.5, 0.6) is 0 Å². The van der Waals surface area contributed by atoms with Crippen molar-refractivity contribution in [1.29, 1.82) is 0 Å². The Labute approximate surface area is 113 Å². The maximum Gasteiger partial charge on any atom is 0.334 e. The van der Waals surface area contributed by atoms with Crippen molar-refractivity contribution in [2.24, 2.45) is 0 Å². The van der Waals surface area contributed by atoms with Crippen molar-refractivity contribution >= 4 is 17.6 Å². The number of halogens is 1. The lowest BCUT2D eigenvalue weighted by molar-refractivity contribution is -0.138. The Balaban J connectivity index is 2.52. The summed E-state index contributed by atoms with van der Waals surface area (Å²) in [5, 5.41) is 3.90. The Morgan fingerprint density at radius 3 is 2.78 bits per heavy atom. The van der Waals surface area contributed by atoms with Crippen molar-refractivity contribution in [3.8, 4) is 0 Å². The van der Waals surface area contributed by atoms with Crippen molar-refractivity contribution in [1.82, 2.24) is 5.32 Å². The number of rotatable bonds is 6. The van der Waals surface area contributed by atoms with E-state index in [0.29, 0.717) is 23.7 Å². The van der Waals surface area contributed by atoms with Gasteiger partial charge in [0.2, 0.25) is 0 Å². The molecule has 0 aliphatic carbocycles. The zero-order valence-electron chi connectivity index (χ0n) is 10.7. The van der Waals surface area contributed by atoms with Crippen molar-refractivity contribution in [3.63, 3.8) is 0 Å². The van der Waals surface area contributed by atoms with Crippen molar-refractivity contribution in [3.05, 3.63) is 47.0 Å². The van der Waals surface area contributed by atoms with Crippen LogP contribution in [-0.4, -0.2) is 19.1 Å². The quantitative estimate of drug-likeness (QED) is 0.636. The van der Waals surface area contributed by atoms with Gasteiger partial charge in [0.05, 0.1) is 6.61 Å². The molecule has 18 heavy (non-hydrogen) atoms. The molecule has 0 radical (unpaired) electrons. The predicted octanol–water partition coefficient (Wildman–Crippen LogP) is 3.11. The first kappa shape index (κ1) is 14.7. The molecule has 0 saturated heterocycles. The van der Waals surface area contributed by atoms with Crippen molar-refractivity contribution in [2.75, 3.05) is 13.2 Å². The highest BCUT2D eigenvalue weighted by atomic mass is 35.5. The molecule has 1 aromatic rings. The van der Waals surface area contributed by atoms with E-state index in [9.17, 15) is 4.79 Å². The molecule has 0 saturated carbocycles. The first-order chi connectivity index (χ1) is 8.56. The van der Waals surface area contributed by atoms with E-state index >= 15 is 0 Å². The largest absolute Gasteiger partial charge is 0.463 e. The van der Waals surface area contributed by atoms with Gasteiger partial charge in [-0.2, -0.15) is 0 Å². The number of carbonyl (C=O) groups excluding carboxylic acids is 1. The molecule has 0 unspecified atom stereocenters. The minimum Gasteiger partial charge on any atom is -0.463 e. The van der Waals surface area contributed by atoms with Gasteiger partial charge in [-0.3, -0.25) is 0 Å². The van der Waals surface area contributed by atoms with Gasteiger partial charge in [0.15, 0.2) is 0 Å². The molecule has 0 spiro atoms. The Morgan fingerprint density at radius 1 is 1.50 bits per heavy atom. The molecule has 0 aliphatic rings. The number of ether oxygens (including phenoxy) is 1. The summed E-state index contributed by atoms with van der Waals surface area (Å²) >= 11 is 6.09. The fraction of sp³-hybridized carbons (Fsp3) is 0.357. The lowest BCUT2D eigenvalue weighted by Gasteiger charge is -2.16. The zero-order valence-corrected chi connectivity index (χ0v) is 11.5. The summed E-state index contributed by atoms with van der Waals surface area (Å²) in [5.74, 6) is -0.364. The zero-order chi connectivity index (χ0) is 13.5. The summed E-state index contributed by atoms with van der Waals surface area (Å²) in [6.07, 6.45) is 0. The van der Waals surface area contributed by atoms with Crippen LogP contribution in [0.4, 0.5) is 0 Å². The summed E-state index contributed by atoms with van der Waals surface area (Å²) in [6, 6.07) is 7.66. The van der Waals surface area contributed by atoms with Crippen LogP contribution in [0.2, 0.25) is 5.02 Å². The van der Waals surface area contributed by atoms with Gasteiger partial charge in [-0.05, 0) is 25.5 Å². The molecular weight excluding hydrogens is 250 g/mol. The first-order valence-electron chi connectivity index (χ1n) is 5.89. The normalized spacial score (nSPS) is 11.9. The number of nitrogens with one attached hydrogen (secondary N) is 1. The smallest absolute Gasteiger partial charge is 0.334 e.